The van der Waals surface area contributed by atoms with Crippen molar-refractivity contribution >= 4 is 29.0 Å². The molecular formula is C15H21N5OS2. The third-order valence-electron chi connectivity index (χ3n) is 4.15. The van der Waals surface area contributed by atoms with Crippen molar-refractivity contribution < 1.29 is 4.79 Å². The molecular weight excluding hydrogens is 330 g/mol. The van der Waals surface area contributed by atoms with Crippen LogP contribution in [0.15, 0.2) is 22.7 Å². The average molecular weight is 352 g/mol. The van der Waals surface area contributed by atoms with Gasteiger partial charge in [0, 0.05) is 12.6 Å². The summed E-state index contributed by atoms with van der Waals surface area (Å²) in [6, 6.07) is 4.29. The molecule has 0 aromatic carbocycles. The van der Waals surface area contributed by atoms with E-state index in [1.807, 2.05) is 22.4 Å². The topological polar surface area (TPSA) is 77.0 Å². The Hall–Kier alpha value is -1.54. The van der Waals surface area contributed by atoms with Gasteiger partial charge in [-0.3, -0.25) is 4.79 Å². The van der Waals surface area contributed by atoms with Gasteiger partial charge in [0.1, 0.15) is 0 Å². The van der Waals surface area contributed by atoms with Crippen molar-refractivity contribution in [1.29, 1.82) is 0 Å². The molecule has 3 heterocycles. The van der Waals surface area contributed by atoms with Crippen molar-refractivity contribution in [2.45, 2.75) is 43.8 Å². The summed E-state index contributed by atoms with van der Waals surface area (Å²) >= 11 is 2.92. The summed E-state index contributed by atoms with van der Waals surface area (Å²) in [4.78, 5) is 15.5. The van der Waals surface area contributed by atoms with Crippen LogP contribution in [-0.4, -0.2) is 44.0 Å². The number of nitrogens with two attached hydrogens (primary N) is 1. The molecule has 0 radical (unpaired) electrons. The van der Waals surface area contributed by atoms with Gasteiger partial charge in [-0.25, -0.2) is 4.68 Å². The molecule has 0 aliphatic carbocycles. The Morgan fingerprint density at radius 3 is 3.09 bits per heavy atom. The van der Waals surface area contributed by atoms with Crippen LogP contribution in [0.25, 0.3) is 10.7 Å². The van der Waals surface area contributed by atoms with E-state index in [1.165, 1.54) is 22.9 Å². The van der Waals surface area contributed by atoms with Gasteiger partial charge in [0.05, 0.1) is 10.6 Å². The number of hydrogen-bond donors (Lipinski definition) is 1. The fraction of sp³-hybridized carbons (Fsp3) is 0.533. The number of nitrogens with zero attached hydrogens (tertiary/aromatic N) is 4. The molecule has 1 fully saturated rings. The van der Waals surface area contributed by atoms with Crippen LogP contribution in [0.1, 0.15) is 32.6 Å². The lowest BCUT2D eigenvalue weighted by atomic mass is 10.0. The van der Waals surface area contributed by atoms with Gasteiger partial charge in [0.15, 0.2) is 5.82 Å². The summed E-state index contributed by atoms with van der Waals surface area (Å²) in [6.07, 6.45) is 4.45. The number of thiophene rings is 1. The molecule has 3 rings (SSSR count). The van der Waals surface area contributed by atoms with Crippen molar-refractivity contribution in [1.82, 2.24) is 19.8 Å². The van der Waals surface area contributed by atoms with E-state index in [-0.39, 0.29) is 5.91 Å². The molecule has 23 heavy (non-hydrogen) atoms. The number of carbonyl (C=O) groups excluding carboxylic acids is 1. The predicted octanol–water partition coefficient (Wildman–Crippen LogP) is 2.60. The van der Waals surface area contributed by atoms with Crippen LogP contribution in [-0.2, 0) is 4.79 Å². The molecule has 1 saturated heterocycles. The van der Waals surface area contributed by atoms with Gasteiger partial charge >= 0.3 is 0 Å². The number of amides is 1. The van der Waals surface area contributed by atoms with E-state index >= 15 is 0 Å². The molecule has 1 aliphatic rings. The van der Waals surface area contributed by atoms with Crippen LogP contribution < -0.4 is 5.84 Å². The molecule has 1 aliphatic heterocycles. The second kappa shape index (κ2) is 7.35. The molecule has 1 unspecified atom stereocenters. The lowest BCUT2D eigenvalue weighted by Crippen LogP contribution is -2.44. The van der Waals surface area contributed by atoms with Crippen LogP contribution in [0.3, 0.4) is 0 Å². The summed E-state index contributed by atoms with van der Waals surface area (Å²) < 4.78 is 1.47. The zero-order valence-electron chi connectivity index (χ0n) is 13.1. The third kappa shape index (κ3) is 3.53. The SMILES string of the molecule is CCC1CCCCN1C(=O)CSc1nnc(-c2cccs2)n1N. The first-order valence-corrected chi connectivity index (χ1v) is 9.74. The molecule has 0 saturated carbocycles. The monoisotopic (exact) mass is 351 g/mol. The second-order valence-corrected chi connectivity index (χ2v) is 7.48. The molecule has 6 nitrogen and oxygen atoms in total. The van der Waals surface area contributed by atoms with Gasteiger partial charge in [-0.15, -0.1) is 21.5 Å². The quantitative estimate of drug-likeness (QED) is 0.662. The Kier molecular flexibility index (Phi) is 5.22. The summed E-state index contributed by atoms with van der Waals surface area (Å²) in [5.74, 6) is 7.23. The van der Waals surface area contributed by atoms with Crippen molar-refractivity contribution in [2.75, 3.05) is 18.1 Å². The summed E-state index contributed by atoms with van der Waals surface area (Å²) in [5, 5.41) is 10.8. The van der Waals surface area contributed by atoms with Crippen molar-refractivity contribution in [3.05, 3.63) is 17.5 Å². The maximum Gasteiger partial charge on any atom is 0.233 e. The highest BCUT2D eigenvalue weighted by molar-refractivity contribution is 7.99. The number of piperidine rings is 1. The fourth-order valence-electron chi connectivity index (χ4n) is 2.91. The first-order valence-electron chi connectivity index (χ1n) is 7.87. The first-order chi connectivity index (χ1) is 11.2. The summed E-state index contributed by atoms with van der Waals surface area (Å²) in [7, 11) is 0. The number of likely N-dealkylation sites (tertiary alicyclic amines) is 1. The molecule has 2 aromatic rings. The smallest absolute Gasteiger partial charge is 0.233 e. The highest BCUT2D eigenvalue weighted by Gasteiger charge is 2.25. The van der Waals surface area contributed by atoms with Crippen LogP contribution in [0.5, 0.6) is 0 Å². The molecule has 1 amide bonds. The minimum atomic E-state index is 0.169. The Balaban J connectivity index is 1.63. The molecule has 0 spiro atoms. The Morgan fingerprint density at radius 2 is 2.35 bits per heavy atom. The van der Waals surface area contributed by atoms with Crippen LogP contribution >= 0.6 is 23.1 Å². The zero-order valence-corrected chi connectivity index (χ0v) is 14.8. The fourth-order valence-corrected chi connectivity index (χ4v) is 4.36. The first kappa shape index (κ1) is 16.3. The zero-order chi connectivity index (χ0) is 16.2. The highest BCUT2D eigenvalue weighted by Crippen LogP contribution is 2.26. The van der Waals surface area contributed by atoms with E-state index < -0.39 is 0 Å². The number of aromatic nitrogens is 3. The van der Waals surface area contributed by atoms with Crippen LogP contribution in [0, 0.1) is 0 Å². The minimum Gasteiger partial charge on any atom is -0.339 e. The Morgan fingerprint density at radius 1 is 1.48 bits per heavy atom. The summed E-state index contributed by atoms with van der Waals surface area (Å²) in [5.41, 5.74) is 0. The number of thioether (sulfide) groups is 1. The second-order valence-electron chi connectivity index (χ2n) is 5.59. The van der Waals surface area contributed by atoms with Crippen LogP contribution in [0.4, 0.5) is 0 Å². The van der Waals surface area contributed by atoms with Gasteiger partial charge in [-0.05, 0) is 37.1 Å². The van der Waals surface area contributed by atoms with Gasteiger partial charge in [-0.2, -0.15) is 0 Å². The largest absolute Gasteiger partial charge is 0.339 e. The minimum absolute atomic E-state index is 0.169. The third-order valence-corrected chi connectivity index (χ3v) is 5.94. The van der Waals surface area contributed by atoms with Gasteiger partial charge < -0.3 is 10.7 Å². The van der Waals surface area contributed by atoms with E-state index in [0.717, 1.165) is 30.7 Å². The van der Waals surface area contributed by atoms with Gasteiger partial charge in [-0.1, -0.05) is 24.8 Å². The molecule has 0 bridgehead atoms. The number of carbonyl (C=O) groups is 1. The lowest BCUT2D eigenvalue weighted by molar-refractivity contribution is -0.132. The molecule has 8 heteroatoms. The van der Waals surface area contributed by atoms with Crippen molar-refractivity contribution in [3.63, 3.8) is 0 Å². The standard InChI is InChI=1S/C15H21N5OS2/c1-2-11-6-3-4-8-19(11)13(21)10-23-15-18-17-14(20(15)16)12-7-5-9-22-12/h5,7,9,11H,2-4,6,8,10,16H2,1H3. The molecule has 2 N–H and O–H groups in total. The average Bonchev–Trinajstić information content (AvgIpc) is 3.22. The van der Waals surface area contributed by atoms with E-state index in [9.17, 15) is 4.79 Å². The Bertz CT molecular complexity index is 655. The van der Waals surface area contributed by atoms with Gasteiger partial charge in [0.2, 0.25) is 11.1 Å². The van der Waals surface area contributed by atoms with E-state index in [1.54, 1.807) is 11.3 Å². The summed E-state index contributed by atoms with van der Waals surface area (Å²) in [6.45, 7) is 3.01. The molecule has 2 aromatic heterocycles. The number of nitrogen functional groups attached to an aromatic ring is 1. The highest BCUT2D eigenvalue weighted by atomic mass is 32.2. The van der Waals surface area contributed by atoms with E-state index in [4.69, 9.17) is 5.84 Å². The number of hydrogen-bond acceptors (Lipinski definition) is 6. The number of rotatable bonds is 5. The molecule has 124 valence electrons. The molecule has 1 atom stereocenters. The predicted molar refractivity (Wildman–Crippen MR) is 93.9 cm³/mol. The normalized spacial score (nSPS) is 18.3. The lowest BCUT2D eigenvalue weighted by Gasteiger charge is -2.35. The van der Waals surface area contributed by atoms with Gasteiger partial charge in [0.25, 0.3) is 0 Å². The van der Waals surface area contributed by atoms with E-state index in [0.29, 0.717) is 22.8 Å². The van der Waals surface area contributed by atoms with Crippen LogP contribution in [0.2, 0.25) is 0 Å². The maximum absolute atomic E-state index is 12.5. The van der Waals surface area contributed by atoms with Crippen molar-refractivity contribution in [2.24, 2.45) is 0 Å². The van der Waals surface area contributed by atoms with Crippen molar-refractivity contribution in [3.8, 4) is 10.7 Å². The van der Waals surface area contributed by atoms with E-state index in [2.05, 4.69) is 17.1 Å². The maximum atomic E-state index is 12.5. The Labute approximate surface area is 144 Å².